The molecule has 0 radical (unpaired) electrons. The minimum Gasteiger partial charge on any atom is -0.356 e. The van der Waals surface area contributed by atoms with E-state index in [0.717, 1.165) is 32.0 Å². The predicted octanol–water partition coefficient (Wildman–Crippen LogP) is 2.01. The molecular weight excluding hydrogens is 270 g/mol. The average Bonchev–Trinajstić information content (AvgIpc) is 3.09. The van der Waals surface area contributed by atoms with Gasteiger partial charge in [0.05, 0.1) is 12.9 Å². The van der Waals surface area contributed by atoms with Gasteiger partial charge >= 0.3 is 0 Å². The van der Waals surface area contributed by atoms with Gasteiger partial charge in [-0.3, -0.25) is 4.99 Å². The Bertz CT molecular complexity index is 530. The molecule has 0 aromatic carbocycles. The van der Waals surface area contributed by atoms with Crippen LogP contribution in [0.25, 0.3) is 0 Å². The summed E-state index contributed by atoms with van der Waals surface area (Å²) < 4.78 is 2.08. The lowest BCUT2D eigenvalue weighted by molar-refractivity contribution is 0.625. The first-order chi connectivity index (χ1) is 9.78. The summed E-state index contributed by atoms with van der Waals surface area (Å²) in [6, 6.07) is 4.29. The standard InChI is InChI=1S/C14H21N5S/c1-12-4-5-13(20-12)10-18-14(15-2)17-6-3-8-19-9-7-16-11-19/h4-5,7,9,11H,3,6,8,10H2,1-2H3,(H2,15,17,18). The Morgan fingerprint density at radius 3 is 2.95 bits per heavy atom. The third kappa shape index (κ3) is 4.70. The van der Waals surface area contributed by atoms with Crippen LogP contribution >= 0.6 is 11.3 Å². The van der Waals surface area contributed by atoms with Crippen molar-refractivity contribution < 1.29 is 0 Å². The number of rotatable bonds is 6. The first-order valence-corrected chi connectivity index (χ1v) is 7.55. The van der Waals surface area contributed by atoms with Crippen LogP contribution in [0.4, 0.5) is 0 Å². The van der Waals surface area contributed by atoms with Crippen LogP contribution < -0.4 is 10.6 Å². The summed E-state index contributed by atoms with van der Waals surface area (Å²) in [5.41, 5.74) is 0. The van der Waals surface area contributed by atoms with Crippen molar-refractivity contribution in [1.82, 2.24) is 20.2 Å². The zero-order valence-electron chi connectivity index (χ0n) is 12.0. The van der Waals surface area contributed by atoms with Crippen molar-refractivity contribution in [2.24, 2.45) is 4.99 Å². The summed E-state index contributed by atoms with van der Waals surface area (Å²) in [6.07, 6.45) is 6.66. The maximum Gasteiger partial charge on any atom is 0.191 e. The number of aryl methyl sites for hydroxylation is 2. The van der Waals surface area contributed by atoms with Gasteiger partial charge in [-0.2, -0.15) is 0 Å². The summed E-state index contributed by atoms with van der Waals surface area (Å²) in [4.78, 5) is 10.9. The maximum atomic E-state index is 4.22. The van der Waals surface area contributed by atoms with Crippen LogP contribution in [-0.2, 0) is 13.1 Å². The van der Waals surface area contributed by atoms with Crippen molar-refractivity contribution in [3.63, 3.8) is 0 Å². The van der Waals surface area contributed by atoms with E-state index in [4.69, 9.17) is 0 Å². The van der Waals surface area contributed by atoms with Crippen LogP contribution in [0.15, 0.2) is 35.8 Å². The zero-order valence-corrected chi connectivity index (χ0v) is 12.8. The van der Waals surface area contributed by atoms with Crippen LogP contribution in [0, 0.1) is 6.92 Å². The minimum atomic E-state index is 0.819. The molecular formula is C14H21N5S. The molecule has 0 unspecified atom stereocenters. The molecule has 0 spiro atoms. The Labute approximate surface area is 123 Å². The Morgan fingerprint density at radius 2 is 2.30 bits per heavy atom. The van der Waals surface area contributed by atoms with Crippen LogP contribution in [0.2, 0.25) is 0 Å². The number of nitrogens with one attached hydrogen (secondary N) is 2. The maximum absolute atomic E-state index is 4.22. The van der Waals surface area contributed by atoms with Crippen LogP contribution in [-0.4, -0.2) is 29.1 Å². The highest BCUT2D eigenvalue weighted by atomic mass is 32.1. The van der Waals surface area contributed by atoms with Crippen LogP contribution in [0.3, 0.4) is 0 Å². The van der Waals surface area contributed by atoms with Crippen molar-refractivity contribution in [2.45, 2.75) is 26.4 Å². The van der Waals surface area contributed by atoms with E-state index < -0.39 is 0 Å². The zero-order chi connectivity index (χ0) is 14.2. The van der Waals surface area contributed by atoms with E-state index in [1.54, 1.807) is 13.2 Å². The fourth-order valence-electron chi connectivity index (χ4n) is 1.86. The first-order valence-electron chi connectivity index (χ1n) is 6.73. The summed E-state index contributed by atoms with van der Waals surface area (Å²) in [5.74, 6) is 0.849. The number of thiophene rings is 1. The first kappa shape index (κ1) is 14.6. The number of aromatic nitrogens is 2. The van der Waals surface area contributed by atoms with E-state index in [-0.39, 0.29) is 0 Å². The largest absolute Gasteiger partial charge is 0.356 e. The minimum absolute atomic E-state index is 0.819. The van der Waals surface area contributed by atoms with Gasteiger partial charge in [0.25, 0.3) is 0 Å². The highest BCUT2D eigenvalue weighted by Gasteiger charge is 2.00. The van der Waals surface area contributed by atoms with Crippen molar-refractivity contribution >= 4 is 17.3 Å². The van der Waals surface area contributed by atoms with Crippen LogP contribution in [0.5, 0.6) is 0 Å². The fraction of sp³-hybridized carbons (Fsp3) is 0.429. The molecule has 2 rings (SSSR count). The monoisotopic (exact) mass is 291 g/mol. The molecule has 2 N–H and O–H groups in total. The molecule has 2 aromatic heterocycles. The molecule has 20 heavy (non-hydrogen) atoms. The van der Waals surface area contributed by atoms with Gasteiger partial charge in [0, 0.05) is 42.3 Å². The van der Waals surface area contributed by atoms with Crippen LogP contribution in [0.1, 0.15) is 16.2 Å². The lowest BCUT2D eigenvalue weighted by atomic mass is 10.4. The molecule has 2 aromatic rings. The van der Waals surface area contributed by atoms with Gasteiger partial charge in [-0.25, -0.2) is 4.98 Å². The Hall–Kier alpha value is -1.82. The smallest absolute Gasteiger partial charge is 0.191 e. The molecule has 5 nitrogen and oxygen atoms in total. The predicted molar refractivity (Wildman–Crippen MR) is 84.1 cm³/mol. The second kappa shape index (κ2) is 7.69. The summed E-state index contributed by atoms with van der Waals surface area (Å²) in [7, 11) is 1.80. The fourth-order valence-corrected chi connectivity index (χ4v) is 2.69. The molecule has 0 atom stereocenters. The molecule has 0 aliphatic heterocycles. The van der Waals surface area contributed by atoms with Gasteiger partial charge in [0.1, 0.15) is 0 Å². The Kier molecular flexibility index (Phi) is 5.61. The number of guanidine groups is 1. The Morgan fingerprint density at radius 1 is 1.40 bits per heavy atom. The molecule has 0 aliphatic carbocycles. The highest BCUT2D eigenvalue weighted by Crippen LogP contribution is 2.14. The van der Waals surface area contributed by atoms with Crippen molar-refractivity contribution in [3.8, 4) is 0 Å². The molecule has 0 saturated heterocycles. The van der Waals surface area contributed by atoms with E-state index >= 15 is 0 Å². The summed E-state index contributed by atoms with van der Waals surface area (Å²) in [6.45, 7) is 4.80. The van der Waals surface area contributed by atoms with E-state index in [1.165, 1.54) is 9.75 Å². The third-order valence-corrected chi connectivity index (χ3v) is 3.90. The Balaban J connectivity index is 1.65. The van der Waals surface area contributed by atoms with Gasteiger partial charge in [0.2, 0.25) is 0 Å². The molecule has 2 heterocycles. The summed E-state index contributed by atoms with van der Waals surface area (Å²) in [5, 5.41) is 6.64. The van der Waals surface area contributed by atoms with Crippen molar-refractivity contribution in [3.05, 3.63) is 40.6 Å². The number of imidazole rings is 1. The number of hydrogen-bond donors (Lipinski definition) is 2. The molecule has 6 heteroatoms. The second-order valence-electron chi connectivity index (χ2n) is 4.52. The van der Waals surface area contributed by atoms with Gasteiger partial charge in [0.15, 0.2) is 5.96 Å². The third-order valence-electron chi connectivity index (χ3n) is 2.89. The van der Waals surface area contributed by atoms with E-state index in [9.17, 15) is 0 Å². The molecule has 0 saturated carbocycles. The molecule has 108 valence electrons. The topological polar surface area (TPSA) is 54.2 Å². The van der Waals surface area contributed by atoms with Gasteiger partial charge in [-0.05, 0) is 25.5 Å². The molecule has 0 fully saturated rings. The molecule has 0 aliphatic rings. The molecule has 0 bridgehead atoms. The van der Waals surface area contributed by atoms with E-state index in [0.29, 0.717) is 0 Å². The SMILES string of the molecule is CN=C(NCCCn1ccnc1)NCc1ccc(C)s1. The number of hydrogen-bond acceptors (Lipinski definition) is 3. The lowest BCUT2D eigenvalue weighted by Gasteiger charge is -2.11. The van der Waals surface area contributed by atoms with Gasteiger partial charge < -0.3 is 15.2 Å². The number of aliphatic imine (C=N–C) groups is 1. The second-order valence-corrected chi connectivity index (χ2v) is 5.89. The quantitative estimate of drug-likeness (QED) is 0.486. The van der Waals surface area contributed by atoms with Gasteiger partial charge in [-0.15, -0.1) is 11.3 Å². The average molecular weight is 291 g/mol. The van der Waals surface area contributed by atoms with Gasteiger partial charge in [-0.1, -0.05) is 0 Å². The van der Waals surface area contributed by atoms with E-state index in [2.05, 4.69) is 44.2 Å². The lowest BCUT2D eigenvalue weighted by Crippen LogP contribution is -2.37. The number of nitrogens with zero attached hydrogens (tertiary/aromatic N) is 3. The van der Waals surface area contributed by atoms with E-state index in [1.807, 2.05) is 23.9 Å². The van der Waals surface area contributed by atoms with Crippen molar-refractivity contribution in [2.75, 3.05) is 13.6 Å². The normalized spacial score (nSPS) is 11.6. The summed E-state index contributed by atoms with van der Waals surface area (Å²) >= 11 is 1.81. The van der Waals surface area contributed by atoms with Crippen molar-refractivity contribution in [1.29, 1.82) is 0 Å². The molecule has 0 amide bonds. The highest BCUT2D eigenvalue weighted by molar-refractivity contribution is 7.11.